The average molecular weight is 928 g/mol. The molecule has 1 nitrogen and oxygen atoms in total. The van der Waals surface area contributed by atoms with Crippen molar-refractivity contribution in [1.29, 1.82) is 0 Å². The smallest absolute Gasteiger partial charge is 0.0714 e. The molecule has 0 aliphatic heterocycles. The van der Waals surface area contributed by atoms with Gasteiger partial charge in [0.05, 0.1) is 16.5 Å². The highest BCUT2D eigenvalue weighted by Gasteiger charge is 2.48. The van der Waals surface area contributed by atoms with Crippen LogP contribution in [0.25, 0.3) is 55.3 Å². The molecule has 0 saturated carbocycles. The highest BCUT2D eigenvalue weighted by Crippen LogP contribution is 2.59. The van der Waals surface area contributed by atoms with Gasteiger partial charge in [-0.25, -0.2) is 0 Å². The molecular weight excluding hydrogens is 879 g/mol. The quantitative estimate of drug-likeness (QED) is 0.139. The maximum Gasteiger partial charge on any atom is 0.0714 e. The Hall–Kier alpha value is -9.30. The molecule has 73 heavy (non-hydrogen) atoms. The Kier molecular flexibility index (Phi) is 10.0. The van der Waals surface area contributed by atoms with E-state index in [9.17, 15) is 0 Å². The van der Waals surface area contributed by atoms with Crippen LogP contribution >= 0.6 is 0 Å². The van der Waals surface area contributed by atoms with E-state index in [4.69, 9.17) is 0 Å². The molecule has 0 atom stereocenters. The molecule has 2 aliphatic carbocycles. The predicted molar refractivity (Wildman–Crippen MR) is 304 cm³/mol. The molecule has 0 radical (unpaired) electrons. The zero-order valence-electron chi connectivity index (χ0n) is 40.2. The molecule has 0 fully saturated rings. The Morgan fingerprint density at radius 2 is 0.616 bits per heavy atom. The Labute approximate surface area is 427 Å². The maximum absolute atomic E-state index is 2.51. The first kappa shape index (κ1) is 42.6. The topological polar surface area (TPSA) is 3.24 Å². The fourth-order valence-corrected chi connectivity index (χ4v) is 12.9. The number of hydrogen-bond donors (Lipinski definition) is 0. The van der Waals surface area contributed by atoms with Gasteiger partial charge in [0.2, 0.25) is 0 Å². The Morgan fingerprint density at radius 1 is 0.233 bits per heavy atom. The molecule has 0 spiro atoms. The third-order valence-corrected chi connectivity index (χ3v) is 15.8. The van der Waals surface area contributed by atoms with Gasteiger partial charge in [-0.2, -0.15) is 0 Å². The van der Waals surface area contributed by atoms with Crippen LogP contribution in [0.4, 0.5) is 17.1 Å². The largest absolute Gasteiger partial charge is 0.310 e. The van der Waals surface area contributed by atoms with E-state index in [2.05, 4.69) is 302 Å². The van der Waals surface area contributed by atoms with Gasteiger partial charge in [-0.1, -0.05) is 267 Å². The minimum Gasteiger partial charge on any atom is -0.310 e. The lowest BCUT2D eigenvalue weighted by atomic mass is 9.67. The van der Waals surface area contributed by atoms with E-state index in [1.807, 2.05) is 0 Å². The zero-order valence-corrected chi connectivity index (χ0v) is 40.2. The highest BCUT2D eigenvalue weighted by atomic mass is 15.1. The van der Waals surface area contributed by atoms with Gasteiger partial charge in [0.1, 0.15) is 0 Å². The number of nitrogens with zero attached hydrogens (tertiary/aromatic N) is 1. The number of benzene rings is 12. The maximum atomic E-state index is 2.51. The van der Waals surface area contributed by atoms with Crippen molar-refractivity contribution in [3.05, 3.63) is 342 Å². The molecule has 0 heterocycles. The van der Waals surface area contributed by atoms with Gasteiger partial charge in [0.15, 0.2) is 0 Å². The van der Waals surface area contributed by atoms with Crippen molar-refractivity contribution in [2.75, 3.05) is 4.90 Å². The van der Waals surface area contributed by atoms with Crippen LogP contribution < -0.4 is 4.90 Å². The van der Waals surface area contributed by atoms with Crippen molar-refractivity contribution in [2.45, 2.75) is 10.8 Å². The first-order chi connectivity index (χ1) is 36.2. The van der Waals surface area contributed by atoms with Gasteiger partial charge in [0, 0.05) is 16.9 Å². The van der Waals surface area contributed by atoms with Crippen molar-refractivity contribution in [2.24, 2.45) is 0 Å². The summed E-state index contributed by atoms with van der Waals surface area (Å²) in [7, 11) is 0. The average Bonchev–Trinajstić information content (AvgIpc) is 3.95. The van der Waals surface area contributed by atoms with E-state index >= 15 is 0 Å². The second kappa shape index (κ2) is 17.2. The zero-order chi connectivity index (χ0) is 48.3. The van der Waals surface area contributed by atoms with Gasteiger partial charge < -0.3 is 4.90 Å². The van der Waals surface area contributed by atoms with E-state index in [1.54, 1.807) is 0 Å². The summed E-state index contributed by atoms with van der Waals surface area (Å²) in [5.41, 5.74) is 22.1. The number of anilines is 3. The third kappa shape index (κ3) is 6.42. The minimum atomic E-state index is -0.564. The summed E-state index contributed by atoms with van der Waals surface area (Å²) in [5, 5.41) is 2.44. The van der Waals surface area contributed by atoms with Crippen LogP contribution in [-0.4, -0.2) is 0 Å². The van der Waals surface area contributed by atoms with E-state index in [0.29, 0.717) is 0 Å². The van der Waals surface area contributed by atoms with Crippen molar-refractivity contribution in [3.8, 4) is 44.5 Å². The number of rotatable bonds is 9. The molecule has 0 bridgehead atoms. The first-order valence-corrected chi connectivity index (χ1v) is 25.4. The van der Waals surface area contributed by atoms with Crippen LogP contribution in [0.15, 0.2) is 297 Å². The summed E-state index contributed by atoms with van der Waals surface area (Å²) in [5.74, 6) is 0. The van der Waals surface area contributed by atoms with E-state index < -0.39 is 10.8 Å². The van der Waals surface area contributed by atoms with Crippen LogP contribution in [0, 0.1) is 0 Å². The lowest BCUT2D eigenvalue weighted by Gasteiger charge is -2.36. The first-order valence-electron chi connectivity index (χ1n) is 25.4. The molecule has 1 heteroatoms. The molecule has 12 aromatic rings. The molecule has 0 amide bonds. The third-order valence-electron chi connectivity index (χ3n) is 15.8. The summed E-state index contributed by atoms with van der Waals surface area (Å²) in [6, 6.07) is 110. The normalized spacial score (nSPS) is 13.4. The van der Waals surface area contributed by atoms with Crippen LogP contribution in [0.5, 0.6) is 0 Å². The summed E-state index contributed by atoms with van der Waals surface area (Å²) in [6.07, 6.45) is 0. The van der Waals surface area contributed by atoms with E-state index in [-0.39, 0.29) is 0 Å². The van der Waals surface area contributed by atoms with Crippen LogP contribution in [0.3, 0.4) is 0 Å². The number of para-hydroxylation sites is 1. The lowest BCUT2D eigenvalue weighted by Crippen LogP contribution is -2.29. The Bertz CT molecular complexity index is 3920. The lowest BCUT2D eigenvalue weighted by molar-refractivity contribution is 0.768. The summed E-state index contributed by atoms with van der Waals surface area (Å²) in [6.45, 7) is 0. The molecule has 14 rings (SSSR count). The number of hydrogen-bond acceptors (Lipinski definition) is 1. The summed E-state index contributed by atoms with van der Waals surface area (Å²) >= 11 is 0. The molecule has 12 aromatic carbocycles. The predicted octanol–water partition coefficient (Wildman–Crippen LogP) is 18.4. The van der Waals surface area contributed by atoms with Gasteiger partial charge in [-0.3, -0.25) is 0 Å². The SMILES string of the molecule is c1ccc(-c2cccc3cccc(-c4ccccc4N(c4ccc(C5(c6ccccc6)c6ccccc6-c6ccccc65)cc4)c4ccc5c(c4)C(c4ccccc4)(c4ccccc4)c4ccccc4-5)c23)cc1. The highest BCUT2D eigenvalue weighted by molar-refractivity contribution is 6.09. The van der Waals surface area contributed by atoms with Crippen LogP contribution in [-0.2, 0) is 10.8 Å². The minimum absolute atomic E-state index is 0.517. The van der Waals surface area contributed by atoms with Crippen molar-refractivity contribution >= 4 is 27.8 Å². The fraction of sp³-hybridized carbons (Fsp3) is 0.0278. The second-order valence-electron chi connectivity index (χ2n) is 19.4. The number of fused-ring (bicyclic) bond motifs is 7. The molecule has 2 aliphatic rings. The van der Waals surface area contributed by atoms with Crippen LogP contribution in [0.2, 0.25) is 0 Å². The molecule has 0 unspecified atom stereocenters. The fourth-order valence-electron chi connectivity index (χ4n) is 12.9. The molecular formula is C72H49N. The van der Waals surface area contributed by atoms with Gasteiger partial charge in [-0.05, 0) is 125 Å². The molecule has 0 saturated heterocycles. The molecule has 342 valence electrons. The Balaban J connectivity index is 1.04. The monoisotopic (exact) mass is 927 g/mol. The molecule has 0 aromatic heterocycles. The Morgan fingerprint density at radius 3 is 1.15 bits per heavy atom. The van der Waals surface area contributed by atoms with E-state index in [0.717, 1.165) is 22.6 Å². The standard InChI is InChI=1S/C72H49N/c1-5-23-50(24-6-1)58-37-21-25-51-26-22-38-64(70(51)58)63-36-16-20-42-69(63)73(56-45-43-55(44-46-56)71(52-27-7-2-8-28-52)65-39-17-13-33-59(65)60-34-14-18-40-66(60)71)57-47-48-62-61-35-15-19-41-67(61)72(68(62)49-57,53-29-9-3-10-30-53)54-31-11-4-12-32-54/h1-49H. The van der Waals surface area contributed by atoms with Crippen molar-refractivity contribution in [1.82, 2.24) is 0 Å². The molecule has 0 N–H and O–H groups in total. The van der Waals surface area contributed by atoms with E-state index in [1.165, 1.54) is 94.2 Å². The summed E-state index contributed by atoms with van der Waals surface area (Å²) < 4.78 is 0. The van der Waals surface area contributed by atoms with Crippen molar-refractivity contribution in [3.63, 3.8) is 0 Å². The van der Waals surface area contributed by atoms with Crippen molar-refractivity contribution < 1.29 is 0 Å². The van der Waals surface area contributed by atoms with Crippen LogP contribution in [0.1, 0.15) is 44.5 Å². The van der Waals surface area contributed by atoms with Gasteiger partial charge >= 0.3 is 0 Å². The second-order valence-corrected chi connectivity index (χ2v) is 19.4. The van der Waals surface area contributed by atoms with Gasteiger partial charge in [0.25, 0.3) is 0 Å². The van der Waals surface area contributed by atoms with Gasteiger partial charge in [-0.15, -0.1) is 0 Å². The summed E-state index contributed by atoms with van der Waals surface area (Å²) in [4.78, 5) is 2.51.